The predicted molar refractivity (Wildman–Crippen MR) is 80.3 cm³/mol. The van der Waals surface area contributed by atoms with Crippen LogP contribution in [0.2, 0.25) is 0 Å². The molecular weight excluding hydrogens is 282 g/mol. The van der Waals surface area contributed by atoms with E-state index < -0.39 is 5.97 Å². The average Bonchev–Trinajstić information content (AvgIpc) is 2.85. The first kappa shape index (κ1) is 16.2. The maximum Gasteiger partial charge on any atom is 0.313 e. The largest absolute Gasteiger partial charge is 0.481 e. The van der Waals surface area contributed by atoms with Gasteiger partial charge in [0, 0.05) is 13.1 Å². The van der Waals surface area contributed by atoms with Crippen molar-refractivity contribution >= 4 is 34.2 Å². The Morgan fingerprint density at radius 3 is 2.42 bits per heavy atom. The summed E-state index contributed by atoms with van der Waals surface area (Å²) in [4.78, 5) is 12.8. The maximum absolute atomic E-state index is 10.5. The second kappa shape index (κ2) is 9.14. The average molecular weight is 303 g/mol. The van der Waals surface area contributed by atoms with E-state index >= 15 is 0 Å². The summed E-state index contributed by atoms with van der Waals surface area (Å²) in [5.74, 6) is -0.783. The number of aliphatic carboxylic acids is 1. The topological polar surface area (TPSA) is 66.3 Å². The molecule has 0 atom stereocenters. The third kappa shape index (κ3) is 6.24. The number of hydrogen-bond donors (Lipinski definition) is 1. The van der Waals surface area contributed by atoms with Crippen molar-refractivity contribution in [2.75, 3.05) is 23.7 Å². The van der Waals surface area contributed by atoms with Gasteiger partial charge >= 0.3 is 5.97 Å². The number of aromatic nitrogens is 2. The Morgan fingerprint density at radius 1 is 1.26 bits per heavy atom. The van der Waals surface area contributed by atoms with Crippen LogP contribution >= 0.6 is 23.1 Å². The van der Waals surface area contributed by atoms with Crippen molar-refractivity contribution < 1.29 is 9.90 Å². The molecule has 0 aliphatic heterocycles. The summed E-state index contributed by atoms with van der Waals surface area (Å²) in [6, 6.07) is 0. The minimum Gasteiger partial charge on any atom is -0.481 e. The number of thioether (sulfide) groups is 1. The van der Waals surface area contributed by atoms with Crippen molar-refractivity contribution in [1.82, 2.24) is 10.2 Å². The number of nitrogens with zero attached hydrogens (tertiary/aromatic N) is 3. The molecule has 0 radical (unpaired) electrons. The van der Waals surface area contributed by atoms with Gasteiger partial charge in [0.2, 0.25) is 5.13 Å². The molecule has 0 aliphatic carbocycles. The molecule has 1 aromatic rings. The number of anilines is 1. The summed E-state index contributed by atoms with van der Waals surface area (Å²) >= 11 is 2.72. The van der Waals surface area contributed by atoms with E-state index in [0.29, 0.717) is 0 Å². The molecule has 0 bridgehead atoms. The first-order valence-electron chi connectivity index (χ1n) is 6.60. The van der Waals surface area contributed by atoms with Gasteiger partial charge in [-0.25, -0.2) is 0 Å². The number of hydrogen-bond acceptors (Lipinski definition) is 6. The number of carboxylic acid groups (broad SMARTS) is 1. The molecule has 0 spiro atoms. The molecule has 0 amide bonds. The van der Waals surface area contributed by atoms with Crippen LogP contribution in [0, 0.1) is 0 Å². The fraction of sp³-hybridized carbons (Fsp3) is 0.750. The highest BCUT2D eigenvalue weighted by Crippen LogP contribution is 2.28. The molecular formula is C12H21N3O2S2. The van der Waals surface area contributed by atoms with Gasteiger partial charge in [0.1, 0.15) is 0 Å². The van der Waals surface area contributed by atoms with Gasteiger partial charge in [-0.15, -0.1) is 10.2 Å². The van der Waals surface area contributed by atoms with Gasteiger partial charge < -0.3 is 10.0 Å². The number of unbranched alkanes of at least 4 members (excludes halogenated alkanes) is 2. The third-order valence-electron chi connectivity index (χ3n) is 2.55. The molecule has 7 heteroatoms. The first-order chi connectivity index (χ1) is 9.17. The molecule has 0 saturated heterocycles. The standard InChI is InChI=1S/C12H21N3O2S2/c1-3-5-7-15(8-6-4-2)11-13-14-12(19-11)18-9-10(16)17/h3-9H2,1-2H3,(H,16,17). The third-order valence-corrected chi connectivity index (χ3v) is 4.65. The van der Waals surface area contributed by atoms with Crippen molar-refractivity contribution in [3.8, 4) is 0 Å². The number of carbonyl (C=O) groups is 1. The highest BCUT2D eigenvalue weighted by atomic mass is 32.2. The Kier molecular flexibility index (Phi) is 7.81. The summed E-state index contributed by atoms with van der Waals surface area (Å²) in [5, 5.41) is 17.8. The first-order valence-corrected chi connectivity index (χ1v) is 8.40. The van der Waals surface area contributed by atoms with Crippen LogP contribution in [-0.2, 0) is 4.79 Å². The van der Waals surface area contributed by atoms with Crippen LogP contribution in [0.5, 0.6) is 0 Å². The Bertz CT molecular complexity index is 377. The van der Waals surface area contributed by atoms with Gasteiger partial charge in [0.25, 0.3) is 0 Å². The molecule has 1 N–H and O–H groups in total. The van der Waals surface area contributed by atoms with Crippen molar-refractivity contribution in [2.45, 2.75) is 43.9 Å². The Labute approximate surface area is 122 Å². The quantitative estimate of drug-likeness (QED) is 0.670. The second-order valence-corrected chi connectivity index (χ2v) is 6.41. The van der Waals surface area contributed by atoms with Crippen LogP contribution in [0.15, 0.2) is 4.34 Å². The van der Waals surface area contributed by atoms with E-state index in [4.69, 9.17) is 5.11 Å². The lowest BCUT2D eigenvalue weighted by atomic mass is 10.3. The van der Waals surface area contributed by atoms with Crippen molar-refractivity contribution in [3.05, 3.63) is 0 Å². The van der Waals surface area contributed by atoms with E-state index in [2.05, 4.69) is 28.9 Å². The Balaban J connectivity index is 2.59. The van der Waals surface area contributed by atoms with E-state index in [1.54, 1.807) is 0 Å². The molecule has 0 fully saturated rings. The van der Waals surface area contributed by atoms with Gasteiger partial charge in [-0.1, -0.05) is 49.8 Å². The summed E-state index contributed by atoms with van der Waals surface area (Å²) in [6.45, 7) is 6.34. The number of rotatable bonds is 10. The minimum absolute atomic E-state index is 0.0402. The zero-order chi connectivity index (χ0) is 14.1. The van der Waals surface area contributed by atoms with E-state index in [-0.39, 0.29) is 5.75 Å². The smallest absolute Gasteiger partial charge is 0.313 e. The fourth-order valence-corrected chi connectivity index (χ4v) is 3.13. The molecule has 0 saturated carbocycles. The molecule has 19 heavy (non-hydrogen) atoms. The minimum atomic E-state index is -0.824. The SMILES string of the molecule is CCCCN(CCCC)c1nnc(SCC(=O)O)s1. The van der Waals surface area contributed by atoms with E-state index in [1.165, 1.54) is 23.1 Å². The van der Waals surface area contributed by atoms with Crippen LogP contribution in [0.3, 0.4) is 0 Å². The van der Waals surface area contributed by atoms with Crippen LogP contribution in [-0.4, -0.2) is 40.1 Å². The van der Waals surface area contributed by atoms with E-state index in [1.807, 2.05) is 0 Å². The van der Waals surface area contributed by atoms with Gasteiger partial charge in [-0.3, -0.25) is 4.79 Å². The van der Waals surface area contributed by atoms with Gasteiger partial charge in [-0.2, -0.15) is 0 Å². The Hall–Kier alpha value is -0.820. The molecule has 5 nitrogen and oxygen atoms in total. The lowest BCUT2D eigenvalue weighted by molar-refractivity contribution is -0.133. The van der Waals surface area contributed by atoms with Crippen molar-refractivity contribution in [3.63, 3.8) is 0 Å². The normalized spacial score (nSPS) is 10.6. The van der Waals surface area contributed by atoms with Gasteiger partial charge in [0.05, 0.1) is 5.75 Å². The molecule has 1 heterocycles. The predicted octanol–water partition coefficient (Wildman–Crippen LogP) is 3.12. The zero-order valence-corrected chi connectivity index (χ0v) is 13.1. The summed E-state index contributed by atoms with van der Waals surface area (Å²) in [7, 11) is 0. The molecule has 0 aliphatic rings. The van der Waals surface area contributed by atoms with Gasteiger partial charge in [0.15, 0.2) is 4.34 Å². The molecule has 108 valence electrons. The fourth-order valence-electron chi connectivity index (χ4n) is 1.51. The summed E-state index contributed by atoms with van der Waals surface area (Å²) in [5.41, 5.74) is 0. The second-order valence-electron chi connectivity index (χ2n) is 4.23. The van der Waals surface area contributed by atoms with Gasteiger partial charge in [-0.05, 0) is 12.8 Å². The highest BCUT2D eigenvalue weighted by molar-refractivity contribution is 8.01. The molecule has 1 rings (SSSR count). The monoisotopic (exact) mass is 303 g/mol. The number of carboxylic acids is 1. The molecule has 0 unspecified atom stereocenters. The van der Waals surface area contributed by atoms with Crippen LogP contribution in [0.4, 0.5) is 5.13 Å². The lowest BCUT2D eigenvalue weighted by Crippen LogP contribution is -2.25. The summed E-state index contributed by atoms with van der Waals surface area (Å²) < 4.78 is 0.732. The summed E-state index contributed by atoms with van der Waals surface area (Å²) in [6.07, 6.45) is 4.59. The van der Waals surface area contributed by atoms with E-state index in [0.717, 1.165) is 48.2 Å². The van der Waals surface area contributed by atoms with Crippen LogP contribution in [0.25, 0.3) is 0 Å². The van der Waals surface area contributed by atoms with Crippen molar-refractivity contribution in [2.24, 2.45) is 0 Å². The molecule has 1 aromatic heterocycles. The van der Waals surface area contributed by atoms with Crippen molar-refractivity contribution in [1.29, 1.82) is 0 Å². The Morgan fingerprint density at radius 2 is 1.89 bits per heavy atom. The highest BCUT2D eigenvalue weighted by Gasteiger charge is 2.13. The maximum atomic E-state index is 10.5. The van der Waals surface area contributed by atoms with E-state index in [9.17, 15) is 4.79 Å². The van der Waals surface area contributed by atoms with Crippen LogP contribution in [0.1, 0.15) is 39.5 Å². The zero-order valence-electron chi connectivity index (χ0n) is 11.5. The lowest BCUT2D eigenvalue weighted by Gasteiger charge is -2.20. The van der Waals surface area contributed by atoms with Crippen LogP contribution < -0.4 is 4.90 Å². The molecule has 0 aromatic carbocycles.